The van der Waals surface area contributed by atoms with E-state index >= 15 is 0 Å². The first-order chi connectivity index (χ1) is 7.59. The SMILES string of the molecule is CCC1CCC(CN)(N(C)C(=O)NC)CC1. The van der Waals surface area contributed by atoms with Crippen LogP contribution in [-0.4, -0.2) is 37.1 Å². The van der Waals surface area contributed by atoms with Gasteiger partial charge in [-0.15, -0.1) is 0 Å². The molecule has 3 N–H and O–H groups in total. The Morgan fingerprint density at radius 1 is 1.50 bits per heavy atom. The van der Waals surface area contributed by atoms with E-state index in [-0.39, 0.29) is 11.6 Å². The summed E-state index contributed by atoms with van der Waals surface area (Å²) in [5, 5.41) is 2.68. The Labute approximate surface area is 98.6 Å². The van der Waals surface area contributed by atoms with Gasteiger partial charge in [0, 0.05) is 20.6 Å². The van der Waals surface area contributed by atoms with E-state index in [1.165, 1.54) is 19.3 Å². The van der Waals surface area contributed by atoms with Gasteiger partial charge in [-0.3, -0.25) is 0 Å². The van der Waals surface area contributed by atoms with Gasteiger partial charge in [0.05, 0.1) is 5.54 Å². The van der Waals surface area contributed by atoms with Crippen molar-refractivity contribution in [2.45, 2.75) is 44.6 Å². The number of hydrogen-bond acceptors (Lipinski definition) is 2. The fourth-order valence-electron chi connectivity index (χ4n) is 2.68. The molecule has 0 unspecified atom stereocenters. The molecule has 1 rings (SSSR count). The molecule has 0 spiro atoms. The third kappa shape index (κ3) is 2.48. The van der Waals surface area contributed by atoms with Crippen molar-refractivity contribution in [1.82, 2.24) is 10.2 Å². The van der Waals surface area contributed by atoms with Crippen molar-refractivity contribution in [3.05, 3.63) is 0 Å². The first kappa shape index (κ1) is 13.3. The lowest BCUT2D eigenvalue weighted by Crippen LogP contribution is -2.58. The molecule has 0 saturated heterocycles. The maximum absolute atomic E-state index is 11.7. The summed E-state index contributed by atoms with van der Waals surface area (Å²) in [6.07, 6.45) is 5.69. The zero-order valence-electron chi connectivity index (χ0n) is 10.8. The molecule has 16 heavy (non-hydrogen) atoms. The highest BCUT2D eigenvalue weighted by atomic mass is 16.2. The summed E-state index contributed by atoms with van der Waals surface area (Å²) < 4.78 is 0. The Bertz CT molecular complexity index is 234. The summed E-state index contributed by atoms with van der Waals surface area (Å²) in [5.74, 6) is 0.817. The van der Waals surface area contributed by atoms with Crippen molar-refractivity contribution in [3.8, 4) is 0 Å². The molecule has 1 aliphatic rings. The highest BCUT2D eigenvalue weighted by molar-refractivity contribution is 5.74. The van der Waals surface area contributed by atoms with Crippen LogP contribution >= 0.6 is 0 Å². The zero-order valence-corrected chi connectivity index (χ0v) is 10.8. The van der Waals surface area contributed by atoms with Crippen LogP contribution in [0.3, 0.4) is 0 Å². The van der Waals surface area contributed by atoms with Crippen LogP contribution in [0.1, 0.15) is 39.0 Å². The second kappa shape index (κ2) is 5.53. The Balaban J connectivity index is 2.68. The molecule has 0 bridgehead atoms. The summed E-state index contributed by atoms with van der Waals surface area (Å²) in [6.45, 7) is 2.80. The predicted molar refractivity (Wildman–Crippen MR) is 66.3 cm³/mol. The van der Waals surface area contributed by atoms with Crippen LogP contribution in [0.5, 0.6) is 0 Å². The Hall–Kier alpha value is -0.770. The Kier molecular flexibility index (Phi) is 4.59. The molecule has 94 valence electrons. The van der Waals surface area contributed by atoms with Crippen LogP contribution in [0.2, 0.25) is 0 Å². The molecule has 4 heteroatoms. The molecular formula is C12H25N3O. The van der Waals surface area contributed by atoms with Gasteiger partial charge in [0.25, 0.3) is 0 Å². The van der Waals surface area contributed by atoms with E-state index in [1.54, 1.807) is 11.9 Å². The minimum absolute atomic E-state index is 0.0274. The lowest BCUT2D eigenvalue weighted by molar-refractivity contribution is 0.0871. The Morgan fingerprint density at radius 2 is 2.06 bits per heavy atom. The van der Waals surface area contributed by atoms with Gasteiger partial charge in [0.1, 0.15) is 0 Å². The van der Waals surface area contributed by atoms with E-state index < -0.39 is 0 Å². The fourth-order valence-corrected chi connectivity index (χ4v) is 2.68. The van der Waals surface area contributed by atoms with Crippen LogP contribution in [0.4, 0.5) is 4.79 Å². The lowest BCUT2D eigenvalue weighted by Gasteiger charge is -2.45. The molecule has 1 saturated carbocycles. The number of hydrogen-bond donors (Lipinski definition) is 2. The summed E-state index contributed by atoms with van der Waals surface area (Å²) in [7, 11) is 3.53. The molecule has 0 aromatic carbocycles. The Morgan fingerprint density at radius 3 is 2.44 bits per heavy atom. The molecule has 1 aliphatic carbocycles. The molecule has 0 radical (unpaired) electrons. The van der Waals surface area contributed by atoms with Crippen LogP contribution in [0.25, 0.3) is 0 Å². The maximum atomic E-state index is 11.7. The summed E-state index contributed by atoms with van der Waals surface area (Å²) in [6, 6.07) is -0.0274. The van der Waals surface area contributed by atoms with Crippen LogP contribution in [0.15, 0.2) is 0 Å². The standard InChI is InChI=1S/C12H25N3O/c1-4-10-5-7-12(9-13,8-6-10)15(3)11(16)14-2/h10H,4-9,13H2,1-3H3,(H,14,16). The number of likely N-dealkylation sites (N-methyl/N-ethyl adjacent to an activating group) is 1. The predicted octanol–water partition coefficient (Wildman–Crippen LogP) is 1.56. The van der Waals surface area contributed by atoms with Gasteiger partial charge in [-0.1, -0.05) is 13.3 Å². The molecular weight excluding hydrogens is 202 g/mol. The van der Waals surface area contributed by atoms with Gasteiger partial charge in [-0.05, 0) is 31.6 Å². The summed E-state index contributed by atoms with van der Waals surface area (Å²) in [5.41, 5.74) is 5.78. The third-order valence-corrected chi connectivity index (χ3v) is 4.22. The number of nitrogens with one attached hydrogen (secondary N) is 1. The second-order valence-electron chi connectivity index (χ2n) is 4.89. The highest BCUT2D eigenvalue weighted by Crippen LogP contribution is 2.36. The van der Waals surface area contributed by atoms with Crippen molar-refractivity contribution in [2.75, 3.05) is 20.6 Å². The van der Waals surface area contributed by atoms with Gasteiger partial charge in [0.15, 0.2) is 0 Å². The first-order valence-electron chi connectivity index (χ1n) is 6.25. The zero-order chi connectivity index (χ0) is 12.2. The van der Waals surface area contributed by atoms with Crippen molar-refractivity contribution < 1.29 is 4.79 Å². The summed E-state index contributed by atoms with van der Waals surface area (Å²) in [4.78, 5) is 13.5. The number of urea groups is 1. The fraction of sp³-hybridized carbons (Fsp3) is 0.917. The third-order valence-electron chi connectivity index (χ3n) is 4.22. The lowest BCUT2D eigenvalue weighted by atomic mass is 9.75. The molecule has 4 nitrogen and oxygen atoms in total. The number of amides is 2. The smallest absolute Gasteiger partial charge is 0.317 e. The maximum Gasteiger partial charge on any atom is 0.317 e. The minimum Gasteiger partial charge on any atom is -0.341 e. The minimum atomic E-state index is -0.119. The van der Waals surface area contributed by atoms with Gasteiger partial charge in [0.2, 0.25) is 0 Å². The molecule has 1 fully saturated rings. The van der Waals surface area contributed by atoms with E-state index in [9.17, 15) is 4.79 Å². The van der Waals surface area contributed by atoms with Crippen molar-refractivity contribution in [1.29, 1.82) is 0 Å². The number of carbonyl (C=O) groups is 1. The molecule has 0 heterocycles. The molecule has 0 aromatic rings. The molecule has 2 amide bonds. The van der Waals surface area contributed by atoms with Crippen LogP contribution < -0.4 is 11.1 Å². The largest absolute Gasteiger partial charge is 0.341 e. The topological polar surface area (TPSA) is 58.4 Å². The second-order valence-corrected chi connectivity index (χ2v) is 4.89. The van der Waals surface area contributed by atoms with Gasteiger partial charge >= 0.3 is 6.03 Å². The number of rotatable bonds is 3. The monoisotopic (exact) mass is 227 g/mol. The van der Waals surface area contributed by atoms with Crippen molar-refractivity contribution >= 4 is 6.03 Å². The number of carbonyl (C=O) groups excluding carboxylic acids is 1. The van der Waals surface area contributed by atoms with Gasteiger partial charge in [-0.25, -0.2) is 4.79 Å². The normalized spacial score (nSPS) is 29.9. The highest BCUT2D eigenvalue weighted by Gasteiger charge is 2.39. The van der Waals surface area contributed by atoms with Gasteiger partial charge in [-0.2, -0.15) is 0 Å². The van der Waals surface area contributed by atoms with E-state index in [2.05, 4.69) is 12.2 Å². The van der Waals surface area contributed by atoms with Crippen LogP contribution in [0, 0.1) is 5.92 Å². The molecule has 0 atom stereocenters. The van der Waals surface area contributed by atoms with Crippen molar-refractivity contribution in [3.63, 3.8) is 0 Å². The summed E-state index contributed by atoms with van der Waals surface area (Å²) >= 11 is 0. The average Bonchev–Trinajstić information content (AvgIpc) is 2.37. The van der Waals surface area contributed by atoms with E-state index in [1.807, 2.05) is 7.05 Å². The average molecular weight is 227 g/mol. The van der Waals surface area contributed by atoms with E-state index in [0.717, 1.165) is 18.8 Å². The quantitative estimate of drug-likeness (QED) is 0.768. The number of nitrogens with zero attached hydrogens (tertiary/aromatic N) is 1. The molecule has 0 aromatic heterocycles. The van der Waals surface area contributed by atoms with Crippen LogP contribution in [-0.2, 0) is 0 Å². The molecule has 0 aliphatic heterocycles. The number of nitrogens with two attached hydrogens (primary N) is 1. The van der Waals surface area contributed by atoms with Crippen molar-refractivity contribution in [2.24, 2.45) is 11.7 Å². The van der Waals surface area contributed by atoms with E-state index in [0.29, 0.717) is 6.54 Å². The van der Waals surface area contributed by atoms with Gasteiger partial charge < -0.3 is 16.0 Å². The first-order valence-corrected chi connectivity index (χ1v) is 6.25. The van der Waals surface area contributed by atoms with E-state index in [4.69, 9.17) is 5.73 Å².